The standard InChI is InChI=1S/C8H14N2/c1-8(2,3)10-7-5-4-6-9/h4-5,10H,7H2,1-3H3/b5-4+. The summed E-state index contributed by atoms with van der Waals surface area (Å²) in [6.07, 6.45) is 3.30. The first kappa shape index (κ1) is 9.19. The third-order valence-corrected chi connectivity index (χ3v) is 0.943. The minimum Gasteiger partial charge on any atom is -0.309 e. The lowest BCUT2D eigenvalue weighted by Crippen LogP contribution is -2.35. The average Bonchev–Trinajstić information content (AvgIpc) is 1.78. The average molecular weight is 138 g/mol. The van der Waals surface area contributed by atoms with Gasteiger partial charge in [-0.3, -0.25) is 0 Å². The van der Waals surface area contributed by atoms with Crippen LogP contribution in [0.25, 0.3) is 0 Å². The van der Waals surface area contributed by atoms with Crippen molar-refractivity contribution in [2.75, 3.05) is 6.54 Å². The van der Waals surface area contributed by atoms with E-state index in [1.165, 1.54) is 6.08 Å². The lowest BCUT2D eigenvalue weighted by molar-refractivity contribution is 0.449. The molecule has 0 aliphatic carbocycles. The molecule has 2 heteroatoms. The van der Waals surface area contributed by atoms with E-state index in [1.54, 1.807) is 0 Å². The fraction of sp³-hybridized carbons (Fsp3) is 0.625. The van der Waals surface area contributed by atoms with E-state index in [0.29, 0.717) is 0 Å². The monoisotopic (exact) mass is 138 g/mol. The highest BCUT2D eigenvalue weighted by atomic mass is 14.9. The summed E-state index contributed by atoms with van der Waals surface area (Å²) < 4.78 is 0. The van der Waals surface area contributed by atoms with Gasteiger partial charge in [-0.25, -0.2) is 0 Å². The van der Waals surface area contributed by atoms with Gasteiger partial charge in [-0.2, -0.15) is 5.26 Å². The number of nitrogens with zero attached hydrogens (tertiary/aromatic N) is 1. The Balaban J connectivity index is 3.40. The van der Waals surface area contributed by atoms with Crippen LogP contribution in [0, 0.1) is 11.3 Å². The molecule has 0 amide bonds. The predicted octanol–water partition coefficient (Wildman–Crippen LogP) is 1.45. The lowest BCUT2D eigenvalue weighted by atomic mass is 10.1. The number of nitriles is 1. The number of rotatable bonds is 2. The molecule has 0 aromatic rings. The summed E-state index contributed by atoms with van der Waals surface area (Å²) in [4.78, 5) is 0. The van der Waals surface area contributed by atoms with Gasteiger partial charge >= 0.3 is 0 Å². The molecule has 0 spiro atoms. The molecule has 0 saturated heterocycles. The molecule has 0 aliphatic rings. The summed E-state index contributed by atoms with van der Waals surface area (Å²) in [6.45, 7) is 7.03. The van der Waals surface area contributed by atoms with Gasteiger partial charge in [0.2, 0.25) is 0 Å². The van der Waals surface area contributed by atoms with E-state index in [2.05, 4.69) is 26.1 Å². The van der Waals surface area contributed by atoms with Gasteiger partial charge in [-0.15, -0.1) is 0 Å². The van der Waals surface area contributed by atoms with Crippen molar-refractivity contribution in [3.05, 3.63) is 12.2 Å². The maximum Gasteiger partial charge on any atom is 0.0909 e. The predicted molar refractivity (Wildman–Crippen MR) is 42.5 cm³/mol. The van der Waals surface area contributed by atoms with E-state index in [1.807, 2.05) is 12.1 Å². The van der Waals surface area contributed by atoms with E-state index >= 15 is 0 Å². The van der Waals surface area contributed by atoms with Crippen molar-refractivity contribution >= 4 is 0 Å². The zero-order valence-electron chi connectivity index (χ0n) is 6.81. The van der Waals surface area contributed by atoms with Crippen molar-refractivity contribution in [3.8, 4) is 6.07 Å². The van der Waals surface area contributed by atoms with E-state index in [-0.39, 0.29) is 5.54 Å². The summed E-state index contributed by atoms with van der Waals surface area (Å²) in [5.41, 5.74) is 0.139. The summed E-state index contributed by atoms with van der Waals surface area (Å²) in [6, 6.07) is 1.93. The third kappa shape index (κ3) is 7.19. The molecule has 0 saturated carbocycles. The largest absolute Gasteiger partial charge is 0.309 e. The molecule has 1 N–H and O–H groups in total. The van der Waals surface area contributed by atoms with Crippen LogP contribution in [0.5, 0.6) is 0 Å². The molecule has 0 rings (SSSR count). The molecule has 0 aliphatic heterocycles. The first-order valence-electron chi connectivity index (χ1n) is 3.36. The summed E-state index contributed by atoms with van der Waals surface area (Å²) in [5.74, 6) is 0. The fourth-order valence-corrected chi connectivity index (χ4v) is 0.477. The van der Waals surface area contributed by atoms with E-state index in [9.17, 15) is 0 Å². The molecule has 0 unspecified atom stereocenters. The van der Waals surface area contributed by atoms with Gasteiger partial charge < -0.3 is 5.32 Å². The van der Waals surface area contributed by atoms with Crippen molar-refractivity contribution in [1.29, 1.82) is 5.26 Å². The van der Waals surface area contributed by atoms with Crippen LogP contribution in [0.4, 0.5) is 0 Å². The van der Waals surface area contributed by atoms with E-state index < -0.39 is 0 Å². The highest BCUT2D eigenvalue weighted by Crippen LogP contribution is 1.96. The van der Waals surface area contributed by atoms with Gasteiger partial charge in [0.25, 0.3) is 0 Å². The normalized spacial score (nSPS) is 11.8. The van der Waals surface area contributed by atoms with Crippen LogP contribution in [0.3, 0.4) is 0 Å². The van der Waals surface area contributed by atoms with E-state index in [0.717, 1.165) is 6.54 Å². The number of hydrogen-bond donors (Lipinski definition) is 1. The maximum atomic E-state index is 8.13. The highest BCUT2D eigenvalue weighted by Gasteiger charge is 2.05. The third-order valence-electron chi connectivity index (χ3n) is 0.943. The first-order valence-corrected chi connectivity index (χ1v) is 3.36. The molecule has 56 valence electrons. The van der Waals surface area contributed by atoms with Crippen molar-refractivity contribution in [3.63, 3.8) is 0 Å². The molecular weight excluding hydrogens is 124 g/mol. The van der Waals surface area contributed by atoms with Gasteiger partial charge in [0, 0.05) is 18.2 Å². The van der Waals surface area contributed by atoms with Crippen molar-refractivity contribution in [2.24, 2.45) is 0 Å². The minimum atomic E-state index is 0.139. The molecular formula is C8H14N2. The molecule has 0 bridgehead atoms. The van der Waals surface area contributed by atoms with Crippen LogP contribution in [0.2, 0.25) is 0 Å². The second kappa shape index (κ2) is 4.08. The Hall–Kier alpha value is -0.810. The van der Waals surface area contributed by atoms with Crippen LogP contribution in [0.1, 0.15) is 20.8 Å². The van der Waals surface area contributed by atoms with Crippen molar-refractivity contribution < 1.29 is 0 Å². The van der Waals surface area contributed by atoms with Crippen LogP contribution >= 0.6 is 0 Å². The summed E-state index contributed by atoms with van der Waals surface area (Å²) in [5, 5.41) is 11.3. The summed E-state index contributed by atoms with van der Waals surface area (Å²) in [7, 11) is 0. The van der Waals surface area contributed by atoms with Gasteiger partial charge in [-0.05, 0) is 20.8 Å². The minimum absolute atomic E-state index is 0.139. The molecule has 0 aromatic heterocycles. The molecule has 0 fully saturated rings. The van der Waals surface area contributed by atoms with Crippen molar-refractivity contribution in [2.45, 2.75) is 26.3 Å². The first-order chi connectivity index (χ1) is 4.56. The van der Waals surface area contributed by atoms with Gasteiger partial charge in [0.1, 0.15) is 0 Å². The lowest BCUT2D eigenvalue weighted by Gasteiger charge is -2.18. The Morgan fingerprint density at radius 2 is 2.10 bits per heavy atom. The molecule has 0 heterocycles. The Bertz CT molecular complexity index is 146. The molecule has 2 nitrogen and oxygen atoms in total. The Morgan fingerprint density at radius 1 is 1.50 bits per heavy atom. The van der Waals surface area contributed by atoms with Gasteiger partial charge in [0.15, 0.2) is 0 Å². The molecule has 0 atom stereocenters. The Kier molecular flexibility index (Phi) is 3.75. The van der Waals surface area contributed by atoms with Crippen molar-refractivity contribution in [1.82, 2.24) is 5.32 Å². The number of allylic oxidation sites excluding steroid dienone is 1. The van der Waals surface area contributed by atoms with Gasteiger partial charge in [0.05, 0.1) is 6.07 Å². The van der Waals surface area contributed by atoms with Crippen LogP contribution in [-0.2, 0) is 0 Å². The fourth-order valence-electron chi connectivity index (χ4n) is 0.477. The molecule has 10 heavy (non-hydrogen) atoms. The quantitative estimate of drug-likeness (QED) is 0.586. The SMILES string of the molecule is CC(C)(C)NC/C=C/C#N. The second-order valence-corrected chi connectivity index (χ2v) is 3.16. The smallest absolute Gasteiger partial charge is 0.0909 e. The number of nitrogens with one attached hydrogen (secondary N) is 1. The molecule has 0 aromatic carbocycles. The zero-order valence-corrected chi connectivity index (χ0v) is 6.81. The number of hydrogen-bond acceptors (Lipinski definition) is 2. The summed E-state index contributed by atoms with van der Waals surface area (Å²) >= 11 is 0. The Labute approximate surface area is 62.5 Å². The van der Waals surface area contributed by atoms with Crippen LogP contribution < -0.4 is 5.32 Å². The topological polar surface area (TPSA) is 35.8 Å². The molecule has 0 radical (unpaired) electrons. The van der Waals surface area contributed by atoms with Gasteiger partial charge in [-0.1, -0.05) is 6.08 Å². The Morgan fingerprint density at radius 3 is 2.50 bits per heavy atom. The zero-order chi connectivity index (χ0) is 8.04. The highest BCUT2D eigenvalue weighted by molar-refractivity contribution is 5.02. The van der Waals surface area contributed by atoms with Crippen LogP contribution in [-0.4, -0.2) is 12.1 Å². The van der Waals surface area contributed by atoms with Crippen LogP contribution in [0.15, 0.2) is 12.2 Å². The van der Waals surface area contributed by atoms with E-state index in [4.69, 9.17) is 5.26 Å². The maximum absolute atomic E-state index is 8.13. The second-order valence-electron chi connectivity index (χ2n) is 3.16.